The van der Waals surface area contributed by atoms with Crippen molar-refractivity contribution in [1.29, 1.82) is 0 Å². The number of nitrogens with one attached hydrogen (secondary N) is 1. The van der Waals surface area contributed by atoms with Crippen LogP contribution in [0.15, 0.2) is 24.3 Å². The average molecular weight is 930 g/mol. The molecule has 12 atom stereocenters. The summed E-state index contributed by atoms with van der Waals surface area (Å²) in [7, 11) is 0. The van der Waals surface area contributed by atoms with Gasteiger partial charge in [-0.05, 0) is 44.9 Å². The fourth-order valence-electron chi connectivity index (χ4n) is 8.58. The minimum Gasteiger partial charge on any atom is -0.394 e. The Bertz CT molecular complexity index is 1190. The molecule has 2 saturated heterocycles. The maximum Gasteiger partial charge on any atom is 0.220 e. The Kier molecular flexibility index (Phi) is 35.1. The van der Waals surface area contributed by atoms with Crippen molar-refractivity contribution in [2.45, 2.75) is 274 Å². The summed E-state index contributed by atoms with van der Waals surface area (Å²) in [6.07, 6.45) is 25.3. The van der Waals surface area contributed by atoms with Crippen LogP contribution < -0.4 is 5.32 Å². The Hall–Kier alpha value is -1.53. The molecular formula is C51H95NO13. The lowest BCUT2D eigenvalue weighted by atomic mass is 9.97. The molecule has 0 spiro atoms. The van der Waals surface area contributed by atoms with Crippen molar-refractivity contribution in [3.8, 4) is 0 Å². The molecule has 14 nitrogen and oxygen atoms in total. The van der Waals surface area contributed by atoms with Crippen LogP contribution in [-0.4, -0.2) is 140 Å². The monoisotopic (exact) mass is 930 g/mol. The zero-order valence-corrected chi connectivity index (χ0v) is 40.5. The van der Waals surface area contributed by atoms with Crippen LogP contribution >= 0.6 is 0 Å². The molecule has 382 valence electrons. The normalized spacial score (nSPS) is 27.2. The third kappa shape index (κ3) is 25.6. The number of aliphatic hydroxyl groups is 8. The SMILES string of the molecule is CCCCCCCC/C=C/C(O)C(COC1OC(CO)C(OC2OC(CO)C(O)C(O)C2O)C(O)C1O)NC(=O)CCCCCCCCCCCCC/C=C\CCCCCCCCCC. The summed E-state index contributed by atoms with van der Waals surface area (Å²) in [5.41, 5.74) is 0. The molecular weight excluding hydrogens is 835 g/mol. The molecule has 0 radical (unpaired) electrons. The van der Waals surface area contributed by atoms with E-state index in [-0.39, 0.29) is 18.9 Å². The molecule has 0 aromatic rings. The minimum absolute atomic E-state index is 0.243. The molecule has 2 aliphatic rings. The zero-order chi connectivity index (χ0) is 47.5. The summed E-state index contributed by atoms with van der Waals surface area (Å²) >= 11 is 0. The molecule has 0 aliphatic carbocycles. The molecule has 2 fully saturated rings. The Morgan fingerprint density at radius 3 is 1.46 bits per heavy atom. The molecule has 2 aliphatic heterocycles. The lowest BCUT2D eigenvalue weighted by Crippen LogP contribution is -2.65. The number of carbonyl (C=O) groups is 1. The summed E-state index contributed by atoms with van der Waals surface area (Å²) in [5, 5.41) is 86.5. The van der Waals surface area contributed by atoms with Gasteiger partial charge >= 0.3 is 0 Å². The van der Waals surface area contributed by atoms with E-state index >= 15 is 0 Å². The molecule has 1 amide bonds. The number of rotatable bonds is 40. The Morgan fingerprint density at radius 1 is 0.538 bits per heavy atom. The zero-order valence-electron chi connectivity index (χ0n) is 40.5. The standard InChI is InChI=1S/C51H95NO13/c1-3-5-7-9-11-13-14-15-16-17-18-19-20-21-22-23-24-25-26-27-29-31-33-35-43(56)52-39(40(55)34-32-30-28-12-10-8-6-4-2)38-62-50-48(61)46(59)49(42(37-54)64-50)65-51-47(60)45(58)44(57)41(36-53)63-51/h17-18,32,34,39-42,44-51,53-55,57-61H,3-16,19-31,33,35-38H2,1-2H3,(H,52,56)/b18-17-,34-32+. The van der Waals surface area contributed by atoms with Gasteiger partial charge in [0.15, 0.2) is 12.6 Å². The van der Waals surface area contributed by atoms with E-state index in [1.54, 1.807) is 6.08 Å². The first kappa shape index (κ1) is 59.6. The van der Waals surface area contributed by atoms with Gasteiger partial charge < -0.3 is 65.1 Å². The number of carbonyl (C=O) groups excluding carboxylic acids is 1. The summed E-state index contributed by atoms with van der Waals surface area (Å²) in [6, 6.07) is -0.909. The fraction of sp³-hybridized carbons (Fsp3) is 0.902. The average Bonchev–Trinajstić information content (AvgIpc) is 3.30. The highest BCUT2D eigenvalue weighted by Gasteiger charge is 2.51. The van der Waals surface area contributed by atoms with Gasteiger partial charge in [-0.2, -0.15) is 0 Å². The number of unbranched alkanes of at least 4 members (excludes halogenated alkanes) is 25. The third-order valence-corrected chi connectivity index (χ3v) is 12.9. The van der Waals surface area contributed by atoms with Crippen molar-refractivity contribution < 1.29 is 64.6 Å². The first-order valence-corrected chi connectivity index (χ1v) is 26.1. The van der Waals surface area contributed by atoms with Gasteiger partial charge in [0.25, 0.3) is 0 Å². The van der Waals surface area contributed by atoms with E-state index in [0.717, 1.165) is 44.9 Å². The van der Waals surface area contributed by atoms with Crippen LogP contribution in [0.2, 0.25) is 0 Å². The van der Waals surface area contributed by atoms with Gasteiger partial charge in [-0.15, -0.1) is 0 Å². The Labute approximate surface area is 392 Å². The van der Waals surface area contributed by atoms with Crippen LogP contribution in [0, 0.1) is 0 Å². The fourth-order valence-corrected chi connectivity index (χ4v) is 8.58. The van der Waals surface area contributed by atoms with Gasteiger partial charge in [0.1, 0.15) is 48.8 Å². The molecule has 12 unspecified atom stereocenters. The van der Waals surface area contributed by atoms with Gasteiger partial charge in [0.2, 0.25) is 5.91 Å². The largest absolute Gasteiger partial charge is 0.394 e. The molecule has 14 heteroatoms. The van der Waals surface area contributed by atoms with E-state index in [4.69, 9.17) is 18.9 Å². The van der Waals surface area contributed by atoms with Gasteiger partial charge in [-0.25, -0.2) is 0 Å². The highest BCUT2D eigenvalue weighted by Crippen LogP contribution is 2.30. The summed E-state index contributed by atoms with van der Waals surface area (Å²) in [4.78, 5) is 13.1. The number of ether oxygens (including phenoxy) is 4. The van der Waals surface area contributed by atoms with Crippen LogP contribution in [-0.2, 0) is 23.7 Å². The van der Waals surface area contributed by atoms with Crippen LogP contribution in [0.3, 0.4) is 0 Å². The smallest absolute Gasteiger partial charge is 0.220 e. The first-order chi connectivity index (χ1) is 31.6. The van der Waals surface area contributed by atoms with E-state index in [1.165, 1.54) is 128 Å². The maximum atomic E-state index is 13.1. The number of hydrogen-bond donors (Lipinski definition) is 9. The van der Waals surface area contributed by atoms with E-state index in [2.05, 4.69) is 31.3 Å². The van der Waals surface area contributed by atoms with Crippen LogP contribution in [0.1, 0.15) is 200 Å². The molecule has 2 rings (SSSR count). The highest BCUT2D eigenvalue weighted by molar-refractivity contribution is 5.76. The van der Waals surface area contributed by atoms with Crippen molar-refractivity contribution in [3.05, 3.63) is 24.3 Å². The molecule has 2 heterocycles. The lowest BCUT2D eigenvalue weighted by Gasteiger charge is -2.46. The third-order valence-electron chi connectivity index (χ3n) is 12.9. The molecule has 0 aromatic carbocycles. The number of aliphatic hydroxyl groups excluding tert-OH is 8. The number of hydrogen-bond acceptors (Lipinski definition) is 13. The quantitative estimate of drug-likeness (QED) is 0.0225. The summed E-state index contributed by atoms with van der Waals surface area (Å²) in [6.45, 7) is 2.74. The Balaban J connectivity index is 1.73. The van der Waals surface area contributed by atoms with Crippen LogP contribution in [0.5, 0.6) is 0 Å². The molecule has 9 N–H and O–H groups in total. The first-order valence-electron chi connectivity index (χ1n) is 26.1. The second-order valence-corrected chi connectivity index (χ2v) is 18.6. The van der Waals surface area contributed by atoms with Crippen molar-refractivity contribution in [2.24, 2.45) is 0 Å². The van der Waals surface area contributed by atoms with E-state index in [0.29, 0.717) is 6.42 Å². The van der Waals surface area contributed by atoms with E-state index in [9.17, 15) is 45.6 Å². The minimum atomic E-state index is -1.78. The Morgan fingerprint density at radius 2 is 0.969 bits per heavy atom. The molecule has 0 saturated carbocycles. The predicted molar refractivity (Wildman–Crippen MR) is 254 cm³/mol. The lowest BCUT2D eigenvalue weighted by molar-refractivity contribution is -0.359. The van der Waals surface area contributed by atoms with Crippen LogP contribution in [0.4, 0.5) is 0 Å². The highest BCUT2D eigenvalue weighted by atomic mass is 16.7. The van der Waals surface area contributed by atoms with Gasteiger partial charge in [-0.3, -0.25) is 4.79 Å². The maximum absolute atomic E-state index is 13.1. The number of allylic oxidation sites excluding steroid dienone is 3. The van der Waals surface area contributed by atoms with Gasteiger partial charge in [-0.1, -0.05) is 173 Å². The van der Waals surface area contributed by atoms with Gasteiger partial charge in [0, 0.05) is 6.42 Å². The molecule has 0 bridgehead atoms. The summed E-state index contributed by atoms with van der Waals surface area (Å²) < 4.78 is 22.6. The topological polar surface area (TPSA) is 228 Å². The van der Waals surface area contributed by atoms with Crippen LogP contribution in [0.25, 0.3) is 0 Å². The van der Waals surface area contributed by atoms with E-state index in [1.807, 2.05) is 6.08 Å². The summed E-state index contributed by atoms with van der Waals surface area (Å²) in [5.74, 6) is -0.243. The second-order valence-electron chi connectivity index (χ2n) is 18.6. The van der Waals surface area contributed by atoms with Crippen molar-refractivity contribution in [1.82, 2.24) is 5.32 Å². The van der Waals surface area contributed by atoms with Crippen molar-refractivity contribution in [3.63, 3.8) is 0 Å². The number of amides is 1. The van der Waals surface area contributed by atoms with Gasteiger partial charge in [0.05, 0.1) is 32.0 Å². The second kappa shape index (κ2) is 38.3. The van der Waals surface area contributed by atoms with Crippen molar-refractivity contribution in [2.75, 3.05) is 19.8 Å². The molecule has 0 aromatic heterocycles. The van der Waals surface area contributed by atoms with Crippen molar-refractivity contribution >= 4 is 5.91 Å². The van der Waals surface area contributed by atoms with E-state index < -0.39 is 86.8 Å². The molecule has 65 heavy (non-hydrogen) atoms. The predicted octanol–water partition coefficient (Wildman–Crippen LogP) is 6.94.